The maximum Gasteiger partial charge on any atom is 0.241 e. The third-order valence-corrected chi connectivity index (χ3v) is 11.0. The van der Waals surface area contributed by atoms with Gasteiger partial charge in [-0.05, 0) is 92.6 Å². The molecule has 1 fully saturated rings. The smallest absolute Gasteiger partial charge is 0.241 e. The molecule has 1 aliphatic carbocycles. The molecule has 1 unspecified atom stereocenters. The van der Waals surface area contributed by atoms with Crippen LogP contribution in [0.15, 0.2) is 108 Å². The van der Waals surface area contributed by atoms with E-state index in [4.69, 9.17) is 0 Å². The lowest BCUT2D eigenvalue weighted by Crippen LogP contribution is -2.49. The first-order chi connectivity index (χ1) is 21.1. The standard InChI is InChI=1S/C37H45N3O3S/c1-39(2)37(28-30-12-6-4-7-13-30)23-20-29(21-24-37)22-25-40(3)36(41)27-35(32-15-8-5-9-16-32)38-44(42,43)34-19-18-31-14-10-11-17-33(31)26-34/h4-19,26,29,35,38H,20-25,27-28H2,1-3H3. The Hall–Kier alpha value is -3.52. The van der Waals surface area contributed by atoms with Crippen molar-refractivity contribution in [3.8, 4) is 0 Å². The average molecular weight is 612 g/mol. The van der Waals surface area contributed by atoms with E-state index in [0.29, 0.717) is 12.5 Å². The topological polar surface area (TPSA) is 69.7 Å². The molecule has 0 saturated heterocycles. The summed E-state index contributed by atoms with van der Waals surface area (Å²) in [5, 5.41) is 1.83. The predicted octanol–water partition coefficient (Wildman–Crippen LogP) is 6.83. The Morgan fingerprint density at radius 1 is 0.841 bits per heavy atom. The van der Waals surface area contributed by atoms with Crippen molar-refractivity contribution < 1.29 is 13.2 Å². The molecule has 5 rings (SSSR count). The van der Waals surface area contributed by atoms with Gasteiger partial charge in [-0.3, -0.25) is 4.79 Å². The van der Waals surface area contributed by atoms with Crippen LogP contribution in [-0.4, -0.2) is 57.4 Å². The molecule has 1 N–H and O–H groups in total. The Bertz CT molecular complexity index is 1630. The van der Waals surface area contributed by atoms with Gasteiger partial charge in [-0.2, -0.15) is 0 Å². The normalized spacial score (nSPS) is 19.6. The van der Waals surface area contributed by atoms with E-state index in [1.807, 2.05) is 67.7 Å². The van der Waals surface area contributed by atoms with Gasteiger partial charge < -0.3 is 9.80 Å². The van der Waals surface area contributed by atoms with Gasteiger partial charge in [0.15, 0.2) is 0 Å². The zero-order chi connectivity index (χ0) is 31.2. The molecule has 0 heterocycles. The number of hydrogen-bond donors (Lipinski definition) is 1. The number of benzene rings is 4. The number of sulfonamides is 1. The molecular weight excluding hydrogens is 566 g/mol. The van der Waals surface area contributed by atoms with Crippen molar-refractivity contribution in [3.63, 3.8) is 0 Å². The van der Waals surface area contributed by atoms with Gasteiger partial charge in [-0.15, -0.1) is 0 Å². The van der Waals surface area contributed by atoms with Crippen LogP contribution in [0, 0.1) is 5.92 Å². The summed E-state index contributed by atoms with van der Waals surface area (Å²) in [6.07, 6.45) is 6.64. The van der Waals surface area contributed by atoms with E-state index in [9.17, 15) is 13.2 Å². The summed E-state index contributed by atoms with van der Waals surface area (Å²) < 4.78 is 29.9. The summed E-state index contributed by atoms with van der Waals surface area (Å²) in [5.74, 6) is 0.507. The second-order valence-electron chi connectivity index (χ2n) is 12.6. The quantitative estimate of drug-likeness (QED) is 0.191. The molecule has 0 radical (unpaired) electrons. The van der Waals surface area contributed by atoms with Crippen molar-refractivity contribution in [2.75, 3.05) is 27.7 Å². The van der Waals surface area contributed by atoms with Crippen LogP contribution < -0.4 is 4.72 Å². The number of rotatable bonds is 12. The summed E-state index contributed by atoms with van der Waals surface area (Å²) in [4.78, 5) is 17.9. The SMILES string of the molecule is CN(CCC1CCC(Cc2ccccc2)(N(C)C)CC1)C(=O)CC(NS(=O)(=O)c1ccc2ccccc2c1)c1ccccc1. The molecule has 4 aromatic rings. The molecule has 4 aromatic carbocycles. The van der Waals surface area contributed by atoms with Gasteiger partial charge in [-0.25, -0.2) is 13.1 Å². The van der Waals surface area contributed by atoms with Gasteiger partial charge in [0.25, 0.3) is 0 Å². The zero-order valence-corrected chi connectivity index (χ0v) is 27.0. The van der Waals surface area contributed by atoms with Crippen LogP contribution in [0.5, 0.6) is 0 Å². The molecular formula is C37H45N3O3S. The molecule has 1 amide bonds. The van der Waals surface area contributed by atoms with E-state index < -0.39 is 16.1 Å². The average Bonchev–Trinajstić information content (AvgIpc) is 3.04. The van der Waals surface area contributed by atoms with Crippen molar-refractivity contribution in [2.45, 2.75) is 61.4 Å². The van der Waals surface area contributed by atoms with E-state index in [-0.39, 0.29) is 22.8 Å². The summed E-state index contributed by atoms with van der Waals surface area (Å²) in [6.45, 7) is 0.663. The Kier molecular flexibility index (Phi) is 10.2. The Balaban J connectivity index is 1.20. The second-order valence-corrected chi connectivity index (χ2v) is 14.3. The van der Waals surface area contributed by atoms with Crippen LogP contribution in [0.2, 0.25) is 0 Å². The maximum absolute atomic E-state index is 13.5. The Morgan fingerprint density at radius 2 is 1.45 bits per heavy atom. The lowest BCUT2D eigenvalue weighted by Gasteiger charge is -2.45. The lowest BCUT2D eigenvalue weighted by atomic mass is 9.72. The first-order valence-electron chi connectivity index (χ1n) is 15.7. The van der Waals surface area contributed by atoms with Crippen LogP contribution in [0.25, 0.3) is 10.8 Å². The van der Waals surface area contributed by atoms with Crippen LogP contribution in [0.1, 0.15) is 55.7 Å². The molecule has 0 aliphatic heterocycles. The fourth-order valence-corrected chi connectivity index (χ4v) is 7.86. The minimum absolute atomic E-state index is 0.0544. The zero-order valence-electron chi connectivity index (χ0n) is 26.2. The highest BCUT2D eigenvalue weighted by Crippen LogP contribution is 2.39. The van der Waals surface area contributed by atoms with Gasteiger partial charge >= 0.3 is 0 Å². The molecule has 0 bridgehead atoms. The molecule has 0 aromatic heterocycles. The third kappa shape index (κ3) is 7.76. The fraction of sp³-hybridized carbons (Fsp3) is 0.378. The Morgan fingerprint density at radius 3 is 2.11 bits per heavy atom. The van der Waals surface area contributed by atoms with E-state index >= 15 is 0 Å². The van der Waals surface area contributed by atoms with E-state index in [1.165, 1.54) is 5.56 Å². The molecule has 6 nitrogen and oxygen atoms in total. The van der Waals surface area contributed by atoms with Gasteiger partial charge in [0.05, 0.1) is 10.9 Å². The Labute approximate surface area is 263 Å². The van der Waals surface area contributed by atoms with Crippen LogP contribution >= 0.6 is 0 Å². The fourth-order valence-electron chi connectivity index (χ4n) is 6.60. The number of carbonyl (C=O) groups excluding carboxylic acids is 1. The summed E-state index contributed by atoms with van der Waals surface area (Å²) >= 11 is 0. The number of fused-ring (bicyclic) bond motifs is 1. The van der Waals surface area contributed by atoms with E-state index in [1.54, 1.807) is 17.0 Å². The first-order valence-corrected chi connectivity index (χ1v) is 17.1. The third-order valence-electron chi connectivity index (χ3n) is 9.57. The number of nitrogens with zero attached hydrogens (tertiary/aromatic N) is 2. The largest absolute Gasteiger partial charge is 0.346 e. The molecule has 1 saturated carbocycles. The van der Waals surface area contributed by atoms with Crippen molar-refractivity contribution >= 4 is 26.7 Å². The highest BCUT2D eigenvalue weighted by atomic mass is 32.2. The minimum atomic E-state index is -3.87. The van der Waals surface area contributed by atoms with Crippen LogP contribution in [-0.2, 0) is 21.2 Å². The molecule has 1 atom stereocenters. The van der Waals surface area contributed by atoms with Crippen LogP contribution in [0.4, 0.5) is 0 Å². The van der Waals surface area contributed by atoms with Crippen molar-refractivity contribution in [1.82, 2.24) is 14.5 Å². The van der Waals surface area contributed by atoms with Crippen molar-refractivity contribution in [3.05, 3.63) is 114 Å². The molecule has 44 heavy (non-hydrogen) atoms. The summed E-state index contributed by atoms with van der Waals surface area (Å²) in [6, 6.07) is 32.3. The number of nitrogens with one attached hydrogen (secondary N) is 1. The second kappa shape index (κ2) is 14.1. The highest BCUT2D eigenvalue weighted by Gasteiger charge is 2.37. The van der Waals surface area contributed by atoms with Crippen LogP contribution in [0.3, 0.4) is 0 Å². The number of hydrogen-bond acceptors (Lipinski definition) is 4. The monoisotopic (exact) mass is 611 g/mol. The van der Waals surface area contributed by atoms with E-state index in [0.717, 1.165) is 54.9 Å². The van der Waals surface area contributed by atoms with Gasteiger partial charge in [-0.1, -0.05) is 91.0 Å². The minimum Gasteiger partial charge on any atom is -0.346 e. The maximum atomic E-state index is 13.5. The lowest BCUT2D eigenvalue weighted by molar-refractivity contribution is -0.130. The van der Waals surface area contributed by atoms with Crippen molar-refractivity contribution in [2.24, 2.45) is 5.92 Å². The summed E-state index contributed by atoms with van der Waals surface area (Å²) in [5.41, 5.74) is 2.32. The summed E-state index contributed by atoms with van der Waals surface area (Å²) in [7, 11) is 2.38. The number of amides is 1. The first kappa shape index (κ1) is 31.9. The number of likely N-dealkylation sites (N-methyl/N-ethyl adjacent to an activating group) is 1. The van der Waals surface area contributed by atoms with E-state index in [2.05, 4.69) is 54.0 Å². The molecule has 1 aliphatic rings. The van der Waals surface area contributed by atoms with Gasteiger partial charge in [0.1, 0.15) is 0 Å². The highest BCUT2D eigenvalue weighted by molar-refractivity contribution is 7.89. The van der Waals surface area contributed by atoms with Gasteiger partial charge in [0.2, 0.25) is 15.9 Å². The van der Waals surface area contributed by atoms with Gasteiger partial charge in [0, 0.05) is 25.6 Å². The molecule has 7 heteroatoms. The molecule has 0 spiro atoms. The number of carbonyl (C=O) groups is 1. The van der Waals surface area contributed by atoms with Crippen molar-refractivity contribution in [1.29, 1.82) is 0 Å². The predicted molar refractivity (Wildman–Crippen MR) is 179 cm³/mol. The molecule has 232 valence electrons.